The zero-order valence-corrected chi connectivity index (χ0v) is 11.5. The molecule has 4 heteroatoms. The standard InChI is InChI=1S/C12H19BrN2O/c1-15(7-3-6-14)9-10-8-11(13)4-5-12(10)16-2/h4-5,8H,3,6-7,9,14H2,1-2H3. The summed E-state index contributed by atoms with van der Waals surface area (Å²) in [5.41, 5.74) is 6.68. The van der Waals surface area contributed by atoms with Crippen LogP contribution in [0.4, 0.5) is 0 Å². The van der Waals surface area contributed by atoms with Crippen molar-refractivity contribution in [3.05, 3.63) is 28.2 Å². The van der Waals surface area contributed by atoms with E-state index in [1.54, 1.807) is 7.11 Å². The topological polar surface area (TPSA) is 38.5 Å². The van der Waals surface area contributed by atoms with Crippen molar-refractivity contribution >= 4 is 15.9 Å². The molecule has 1 aromatic carbocycles. The Kier molecular flexibility index (Phi) is 5.80. The lowest BCUT2D eigenvalue weighted by Gasteiger charge is -2.18. The van der Waals surface area contributed by atoms with Crippen molar-refractivity contribution in [1.82, 2.24) is 4.90 Å². The van der Waals surface area contributed by atoms with Gasteiger partial charge in [-0.1, -0.05) is 15.9 Å². The highest BCUT2D eigenvalue weighted by molar-refractivity contribution is 9.10. The molecular weight excluding hydrogens is 268 g/mol. The van der Waals surface area contributed by atoms with Gasteiger partial charge in [-0.15, -0.1) is 0 Å². The first kappa shape index (κ1) is 13.5. The van der Waals surface area contributed by atoms with Gasteiger partial charge in [-0.05, 0) is 44.8 Å². The van der Waals surface area contributed by atoms with Gasteiger partial charge in [0.2, 0.25) is 0 Å². The maximum Gasteiger partial charge on any atom is 0.123 e. The third kappa shape index (κ3) is 4.12. The van der Waals surface area contributed by atoms with E-state index < -0.39 is 0 Å². The fraction of sp³-hybridized carbons (Fsp3) is 0.500. The van der Waals surface area contributed by atoms with Crippen LogP contribution in [-0.2, 0) is 6.54 Å². The Bertz CT molecular complexity index is 331. The number of rotatable bonds is 6. The molecule has 1 rings (SSSR count). The van der Waals surface area contributed by atoms with Gasteiger partial charge >= 0.3 is 0 Å². The zero-order chi connectivity index (χ0) is 12.0. The minimum absolute atomic E-state index is 0.736. The number of hydrogen-bond donors (Lipinski definition) is 1. The summed E-state index contributed by atoms with van der Waals surface area (Å²) < 4.78 is 6.41. The van der Waals surface area contributed by atoms with Crippen LogP contribution in [0, 0.1) is 0 Å². The number of halogens is 1. The van der Waals surface area contributed by atoms with Crippen molar-refractivity contribution in [2.24, 2.45) is 5.73 Å². The summed E-state index contributed by atoms with van der Waals surface area (Å²) in [6, 6.07) is 6.07. The molecule has 0 bridgehead atoms. The van der Waals surface area contributed by atoms with Crippen LogP contribution in [0.2, 0.25) is 0 Å². The number of nitrogens with zero attached hydrogens (tertiary/aromatic N) is 1. The first-order valence-electron chi connectivity index (χ1n) is 5.38. The quantitative estimate of drug-likeness (QED) is 0.872. The molecule has 90 valence electrons. The van der Waals surface area contributed by atoms with Gasteiger partial charge in [0.1, 0.15) is 5.75 Å². The Balaban J connectivity index is 2.67. The van der Waals surface area contributed by atoms with E-state index in [-0.39, 0.29) is 0 Å². The molecule has 0 aliphatic carbocycles. The summed E-state index contributed by atoms with van der Waals surface area (Å²) in [5.74, 6) is 0.933. The molecular formula is C12H19BrN2O. The number of hydrogen-bond acceptors (Lipinski definition) is 3. The van der Waals surface area contributed by atoms with E-state index >= 15 is 0 Å². The van der Waals surface area contributed by atoms with Gasteiger partial charge in [-0.2, -0.15) is 0 Å². The molecule has 0 aliphatic heterocycles. The van der Waals surface area contributed by atoms with Gasteiger partial charge in [0.15, 0.2) is 0 Å². The van der Waals surface area contributed by atoms with E-state index in [0.29, 0.717) is 0 Å². The first-order valence-corrected chi connectivity index (χ1v) is 6.17. The van der Waals surface area contributed by atoms with Crippen LogP contribution in [0.5, 0.6) is 5.75 Å². The predicted octanol–water partition coefficient (Wildman–Crippen LogP) is 2.24. The third-order valence-electron chi connectivity index (χ3n) is 2.43. The van der Waals surface area contributed by atoms with Crippen molar-refractivity contribution in [2.45, 2.75) is 13.0 Å². The molecule has 1 aromatic rings. The maximum atomic E-state index is 5.49. The van der Waals surface area contributed by atoms with Crippen LogP contribution in [0.1, 0.15) is 12.0 Å². The van der Waals surface area contributed by atoms with E-state index in [1.165, 1.54) is 5.56 Å². The van der Waals surface area contributed by atoms with E-state index in [4.69, 9.17) is 10.5 Å². The van der Waals surface area contributed by atoms with Crippen molar-refractivity contribution < 1.29 is 4.74 Å². The van der Waals surface area contributed by atoms with Crippen molar-refractivity contribution in [3.63, 3.8) is 0 Å². The molecule has 2 N–H and O–H groups in total. The van der Waals surface area contributed by atoms with Crippen molar-refractivity contribution in [3.8, 4) is 5.75 Å². The lowest BCUT2D eigenvalue weighted by molar-refractivity contribution is 0.315. The average Bonchev–Trinajstić information content (AvgIpc) is 2.27. The Morgan fingerprint density at radius 1 is 1.44 bits per heavy atom. The van der Waals surface area contributed by atoms with E-state index in [0.717, 1.165) is 36.3 Å². The summed E-state index contributed by atoms with van der Waals surface area (Å²) in [7, 11) is 3.79. The summed E-state index contributed by atoms with van der Waals surface area (Å²) in [6.45, 7) is 2.62. The Morgan fingerprint density at radius 2 is 2.19 bits per heavy atom. The highest BCUT2D eigenvalue weighted by atomic mass is 79.9. The van der Waals surface area contributed by atoms with Crippen molar-refractivity contribution in [1.29, 1.82) is 0 Å². The fourth-order valence-corrected chi connectivity index (χ4v) is 2.01. The SMILES string of the molecule is COc1ccc(Br)cc1CN(C)CCCN. The molecule has 0 atom stereocenters. The van der Waals surface area contributed by atoms with Gasteiger partial charge in [0, 0.05) is 16.6 Å². The van der Waals surface area contributed by atoms with Crippen molar-refractivity contribution in [2.75, 3.05) is 27.2 Å². The smallest absolute Gasteiger partial charge is 0.123 e. The van der Waals surface area contributed by atoms with Crippen LogP contribution in [0.15, 0.2) is 22.7 Å². The highest BCUT2D eigenvalue weighted by Crippen LogP contribution is 2.23. The molecule has 0 fully saturated rings. The van der Waals surface area contributed by atoms with Gasteiger partial charge in [-0.3, -0.25) is 0 Å². The first-order chi connectivity index (χ1) is 7.67. The number of nitrogens with two attached hydrogens (primary N) is 1. The highest BCUT2D eigenvalue weighted by Gasteiger charge is 2.06. The molecule has 16 heavy (non-hydrogen) atoms. The van der Waals surface area contributed by atoms with Gasteiger partial charge in [-0.25, -0.2) is 0 Å². The molecule has 0 radical (unpaired) electrons. The second-order valence-electron chi connectivity index (χ2n) is 3.84. The van der Waals surface area contributed by atoms with Gasteiger partial charge < -0.3 is 15.4 Å². The number of ether oxygens (including phenoxy) is 1. The zero-order valence-electron chi connectivity index (χ0n) is 9.87. The van der Waals surface area contributed by atoms with E-state index in [1.807, 2.05) is 12.1 Å². The molecule has 0 saturated carbocycles. The van der Waals surface area contributed by atoms with E-state index in [9.17, 15) is 0 Å². The second kappa shape index (κ2) is 6.89. The summed E-state index contributed by atoms with van der Waals surface area (Å²) in [6.07, 6.45) is 1.02. The Morgan fingerprint density at radius 3 is 2.81 bits per heavy atom. The average molecular weight is 287 g/mol. The summed E-state index contributed by atoms with van der Waals surface area (Å²) in [4.78, 5) is 2.25. The molecule has 3 nitrogen and oxygen atoms in total. The molecule has 0 aromatic heterocycles. The number of methoxy groups -OCH3 is 1. The van der Waals surface area contributed by atoms with Crippen LogP contribution >= 0.6 is 15.9 Å². The van der Waals surface area contributed by atoms with Crippen LogP contribution in [0.25, 0.3) is 0 Å². The van der Waals surface area contributed by atoms with Crippen LogP contribution in [-0.4, -0.2) is 32.1 Å². The molecule has 0 heterocycles. The molecule has 0 spiro atoms. The normalized spacial score (nSPS) is 10.8. The molecule has 0 aliphatic rings. The lowest BCUT2D eigenvalue weighted by atomic mass is 10.2. The fourth-order valence-electron chi connectivity index (χ4n) is 1.60. The lowest BCUT2D eigenvalue weighted by Crippen LogP contribution is -2.21. The Labute approximate surface area is 106 Å². The monoisotopic (exact) mass is 286 g/mol. The Hall–Kier alpha value is -0.580. The second-order valence-corrected chi connectivity index (χ2v) is 4.75. The number of benzene rings is 1. The van der Waals surface area contributed by atoms with Gasteiger partial charge in [0.05, 0.1) is 7.11 Å². The summed E-state index contributed by atoms with van der Waals surface area (Å²) in [5, 5.41) is 0. The molecule has 0 saturated heterocycles. The third-order valence-corrected chi connectivity index (χ3v) is 2.92. The van der Waals surface area contributed by atoms with Gasteiger partial charge in [0.25, 0.3) is 0 Å². The largest absolute Gasteiger partial charge is 0.496 e. The van der Waals surface area contributed by atoms with Crippen LogP contribution in [0.3, 0.4) is 0 Å². The minimum atomic E-state index is 0.736. The van der Waals surface area contributed by atoms with Crippen LogP contribution < -0.4 is 10.5 Å². The predicted molar refractivity (Wildman–Crippen MR) is 70.7 cm³/mol. The maximum absolute atomic E-state index is 5.49. The minimum Gasteiger partial charge on any atom is -0.496 e. The van der Waals surface area contributed by atoms with E-state index in [2.05, 4.69) is 33.9 Å². The molecule has 0 amide bonds. The molecule has 0 unspecified atom stereocenters. The summed E-state index contributed by atoms with van der Waals surface area (Å²) >= 11 is 3.47.